The lowest BCUT2D eigenvalue weighted by atomic mass is 9.68. The monoisotopic (exact) mass is 296 g/mol. The fourth-order valence-electron chi connectivity index (χ4n) is 2.45. The summed E-state index contributed by atoms with van der Waals surface area (Å²) in [6.45, 7) is 6.57. The highest BCUT2D eigenvalue weighted by molar-refractivity contribution is 5.96. The van der Waals surface area contributed by atoms with Crippen molar-refractivity contribution in [2.45, 2.75) is 33.3 Å². The predicted molar refractivity (Wildman–Crippen MR) is 89.3 cm³/mol. The quantitative estimate of drug-likeness (QED) is 0.757. The summed E-state index contributed by atoms with van der Waals surface area (Å²) in [7, 11) is 1.65. The van der Waals surface area contributed by atoms with Crippen LogP contribution in [0.3, 0.4) is 0 Å². The number of Topliss-reactive ketones (excluding diaryl/α,β-unsaturated/α-hetero) is 1. The third kappa shape index (κ3) is 4.42. The number of methoxy groups -OCH3 is 1. The Kier molecular flexibility index (Phi) is 5.80. The van der Waals surface area contributed by atoms with E-state index in [1.54, 1.807) is 7.11 Å². The lowest BCUT2D eigenvalue weighted by Gasteiger charge is -2.37. The number of rotatable bonds is 5. The largest absolute Gasteiger partial charge is 0.380 e. The molecular weight excluding hydrogens is 272 g/mol. The summed E-state index contributed by atoms with van der Waals surface area (Å²) >= 11 is 0. The molecule has 1 aromatic rings. The van der Waals surface area contributed by atoms with Gasteiger partial charge in [0.05, 0.1) is 6.10 Å². The Hall–Kier alpha value is -1.15. The highest BCUT2D eigenvalue weighted by Crippen LogP contribution is 2.41. The van der Waals surface area contributed by atoms with Crippen molar-refractivity contribution in [3.05, 3.63) is 73.4 Å². The molecule has 0 amide bonds. The zero-order chi connectivity index (χ0) is 16.2. The van der Waals surface area contributed by atoms with E-state index in [9.17, 15) is 4.79 Å². The van der Waals surface area contributed by atoms with Crippen LogP contribution in [-0.4, -0.2) is 19.0 Å². The molecule has 0 N–H and O–H groups in total. The molecule has 1 aromatic carbocycles. The Morgan fingerprint density at radius 2 is 1.64 bits per heavy atom. The Bertz CT molecular complexity index is 464. The van der Waals surface area contributed by atoms with E-state index in [4.69, 9.17) is 4.74 Å². The van der Waals surface area contributed by atoms with Crippen LogP contribution < -0.4 is 0 Å². The SMILES string of the molecule is COC(CC(=O)c1ccccc1)[C]1[CH][CH][C](C(C)(C)C)[CH][CH]1. The van der Waals surface area contributed by atoms with E-state index in [-0.39, 0.29) is 17.3 Å². The Balaban J connectivity index is 1.92. The molecule has 2 nitrogen and oxygen atoms in total. The molecular formula is C20H24O2. The van der Waals surface area contributed by atoms with Crippen LogP contribution in [0.4, 0.5) is 0 Å². The van der Waals surface area contributed by atoms with Gasteiger partial charge in [0.1, 0.15) is 0 Å². The summed E-state index contributed by atoms with van der Waals surface area (Å²) in [4.78, 5) is 12.3. The van der Waals surface area contributed by atoms with Crippen molar-refractivity contribution in [3.8, 4) is 0 Å². The smallest absolute Gasteiger partial charge is 0.165 e. The number of benzene rings is 1. The molecule has 6 radical (unpaired) electrons. The summed E-state index contributed by atoms with van der Waals surface area (Å²) in [6, 6.07) is 9.37. The van der Waals surface area contributed by atoms with Gasteiger partial charge in [-0.25, -0.2) is 0 Å². The first kappa shape index (κ1) is 17.2. The summed E-state index contributed by atoms with van der Waals surface area (Å²) in [5, 5.41) is 0. The van der Waals surface area contributed by atoms with E-state index in [1.165, 1.54) is 5.92 Å². The number of carbonyl (C=O) groups excluding carboxylic acids is 1. The maximum Gasteiger partial charge on any atom is 0.165 e. The molecule has 0 saturated heterocycles. The van der Waals surface area contributed by atoms with Gasteiger partial charge in [-0.3, -0.25) is 4.79 Å². The fraction of sp³-hybridized carbons (Fsp3) is 0.350. The first-order valence-electron chi connectivity index (χ1n) is 7.63. The zero-order valence-corrected chi connectivity index (χ0v) is 13.8. The van der Waals surface area contributed by atoms with Crippen LogP contribution in [-0.2, 0) is 4.74 Å². The molecule has 0 spiro atoms. The van der Waals surface area contributed by atoms with Crippen molar-refractivity contribution in [2.75, 3.05) is 7.11 Å². The molecule has 0 bridgehead atoms. The van der Waals surface area contributed by atoms with Crippen molar-refractivity contribution < 1.29 is 9.53 Å². The van der Waals surface area contributed by atoms with Gasteiger partial charge in [0.25, 0.3) is 0 Å². The van der Waals surface area contributed by atoms with Crippen LogP contribution in [0.2, 0.25) is 0 Å². The molecule has 1 fully saturated rings. The van der Waals surface area contributed by atoms with Crippen LogP contribution in [0.15, 0.2) is 30.3 Å². The van der Waals surface area contributed by atoms with E-state index >= 15 is 0 Å². The molecule has 1 aliphatic carbocycles. The second-order valence-corrected chi connectivity index (χ2v) is 6.59. The zero-order valence-electron chi connectivity index (χ0n) is 13.8. The number of carbonyl (C=O) groups is 1. The fourth-order valence-corrected chi connectivity index (χ4v) is 2.45. The average Bonchev–Trinajstić information content (AvgIpc) is 2.52. The maximum absolute atomic E-state index is 12.3. The van der Waals surface area contributed by atoms with Crippen molar-refractivity contribution in [1.29, 1.82) is 0 Å². The highest BCUT2D eigenvalue weighted by atomic mass is 16.5. The van der Waals surface area contributed by atoms with Crippen LogP contribution >= 0.6 is 0 Å². The molecule has 1 aliphatic rings. The molecule has 2 rings (SSSR count). The molecule has 2 heteroatoms. The van der Waals surface area contributed by atoms with Gasteiger partial charge in [0.2, 0.25) is 0 Å². The first-order chi connectivity index (χ1) is 10.4. The summed E-state index contributed by atoms with van der Waals surface area (Å²) < 4.78 is 5.53. The Morgan fingerprint density at radius 3 is 2.14 bits per heavy atom. The normalized spacial score (nSPS) is 19.1. The van der Waals surface area contributed by atoms with E-state index in [0.717, 1.165) is 11.5 Å². The van der Waals surface area contributed by atoms with Crippen LogP contribution in [0.5, 0.6) is 0 Å². The highest BCUT2D eigenvalue weighted by Gasteiger charge is 2.35. The minimum atomic E-state index is -0.207. The molecule has 0 heterocycles. The number of hydrogen-bond donors (Lipinski definition) is 0. The Morgan fingerprint density at radius 1 is 1.05 bits per heavy atom. The molecule has 1 unspecified atom stereocenters. The first-order valence-corrected chi connectivity index (χ1v) is 7.63. The van der Waals surface area contributed by atoms with Gasteiger partial charge in [-0.15, -0.1) is 0 Å². The predicted octanol–water partition coefficient (Wildman–Crippen LogP) is 4.30. The number of hydrogen-bond acceptors (Lipinski definition) is 2. The van der Waals surface area contributed by atoms with E-state index < -0.39 is 0 Å². The topological polar surface area (TPSA) is 26.3 Å². The minimum Gasteiger partial charge on any atom is -0.380 e. The lowest BCUT2D eigenvalue weighted by molar-refractivity contribution is 0.0791. The average molecular weight is 296 g/mol. The summed E-state index contributed by atoms with van der Waals surface area (Å²) in [5.41, 5.74) is 0.858. The lowest BCUT2D eigenvalue weighted by Crippen LogP contribution is -2.32. The van der Waals surface area contributed by atoms with Crippen LogP contribution in [0, 0.1) is 42.9 Å². The maximum atomic E-state index is 12.3. The summed E-state index contributed by atoms with van der Waals surface area (Å²) in [6.07, 6.45) is 8.51. The van der Waals surface area contributed by atoms with Crippen molar-refractivity contribution in [1.82, 2.24) is 0 Å². The second kappa shape index (κ2) is 7.41. The third-order valence-corrected chi connectivity index (χ3v) is 3.90. The third-order valence-electron chi connectivity index (χ3n) is 3.90. The van der Waals surface area contributed by atoms with Crippen molar-refractivity contribution >= 4 is 5.78 Å². The van der Waals surface area contributed by atoms with E-state index in [0.29, 0.717) is 6.42 Å². The molecule has 1 saturated carbocycles. The van der Waals surface area contributed by atoms with Crippen molar-refractivity contribution in [3.63, 3.8) is 0 Å². The standard InChI is InChI=1S/C20H24O2/c1-20(2,3)17-12-10-16(11-13-17)19(22-4)14-18(21)15-8-6-5-7-9-15/h5-13,19H,14H2,1-4H3. The van der Waals surface area contributed by atoms with E-state index in [2.05, 4.69) is 46.5 Å². The van der Waals surface area contributed by atoms with Gasteiger partial charge in [0.15, 0.2) is 5.78 Å². The Labute approximate surface area is 135 Å². The van der Waals surface area contributed by atoms with Gasteiger partial charge < -0.3 is 4.74 Å². The van der Waals surface area contributed by atoms with Crippen LogP contribution in [0.1, 0.15) is 37.6 Å². The van der Waals surface area contributed by atoms with Gasteiger partial charge in [-0.2, -0.15) is 0 Å². The second-order valence-electron chi connectivity index (χ2n) is 6.59. The molecule has 116 valence electrons. The molecule has 22 heavy (non-hydrogen) atoms. The van der Waals surface area contributed by atoms with Crippen LogP contribution in [0.25, 0.3) is 0 Å². The van der Waals surface area contributed by atoms with Gasteiger partial charge in [-0.05, 0) is 37.0 Å². The van der Waals surface area contributed by atoms with E-state index in [1.807, 2.05) is 30.3 Å². The number of ketones is 1. The summed E-state index contributed by atoms with van der Waals surface area (Å²) in [5.74, 6) is 2.42. The van der Waals surface area contributed by atoms with Crippen molar-refractivity contribution in [2.24, 2.45) is 5.41 Å². The molecule has 0 aromatic heterocycles. The molecule has 0 aliphatic heterocycles. The minimum absolute atomic E-state index is 0.104. The number of ether oxygens (including phenoxy) is 1. The van der Waals surface area contributed by atoms with Gasteiger partial charge in [-0.1, -0.05) is 51.1 Å². The van der Waals surface area contributed by atoms with Gasteiger partial charge in [0, 0.05) is 25.0 Å². The molecule has 1 atom stereocenters. The van der Waals surface area contributed by atoms with Gasteiger partial charge >= 0.3 is 0 Å².